The van der Waals surface area contributed by atoms with Crippen molar-refractivity contribution < 1.29 is 20.1 Å². The number of hydrogen-bond donors (Lipinski definition) is 3. The third kappa shape index (κ3) is 3.83. The van der Waals surface area contributed by atoms with E-state index in [9.17, 15) is 14.7 Å². The molecule has 2 heterocycles. The van der Waals surface area contributed by atoms with Crippen LogP contribution in [0.1, 0.15) is 18.5 Å². The van der Waals surface area contributed by atoms with E-state index in [1.54, 1.807) is 4.57 Å². The van der Waals surface area contributed by atoms with Gasteiger partial charge >= 0.3 is 5.97 Å². The van der Waals surface area contributed by atoms with Crippen LogP contribution in [0.4, 0.5) is 0 Å². The van der Waals surface area contributed by atoms with Crippen LogP contribution in [0.25, 0.3) is 0 Å². The average Bonchev–Trinajstić information content (AvgIpc) is 2.45. The van der Waals surface area contributed by atoms with Crippen molar-refractivity contribution in [1.29, 1.82) is 0 Å². The Morgan fingerprint density at radius 3 is 2.86 bits per heavy atom. The third-order valence-electron chi connectivity index (χ3n) is 3.78. The van der Waals surface area contributed by atoms with Gasteiger partial charge in [-0.05, 0) is 19.4 Å². The van der Waals surface area contributed by atoms with E-state index in [2.05, 4.69) is 0 Å². The van der Waals surface area contributed by atoms with Crippen molar-refractivity contribution >= 4 is 5.97 Å². The molecule has 0 amide bonds. The number of aromatic nitrogens is 1. The number of carboxylic acids is 1. The molecule has 0 spiro atoms. The largest absolute Gasteiger partial charge is 0.503 e. The van der Waals surface area contributed by atoms with Crippen LogP contribution in [0.15, 0.2) is 17.1 Å². The van der Waals surface area contributed by atoms with Crippen molar-refractivity contribution in [1.82, 2.24) is 9.47 Å². The molecular formula is C14H20N2O5. The SMILES string of the molecule is O=C(O)C1CCCN(Cc2cc(=O)c(O)cn2CCO)C1. The van der Waals surface area contributed by atoms with Gasteiger partial charge in [-0.1, -0.05) is 0 Å². The molecule has 0 aromatic carbocycles. The van der Waals surface area contributed by atoms with Crippen LogP contribution in [-0.4, -0.2) is 50.5 Å². The van der Waals surface area contributed by atoms with Gasteiger partial charge in [-0.2, -0.15) is 0 Å². The minimum Gasteiger partial charge on any atom is -0.503 e. The van der Waals surface area contributed by atoms with Gasteiger partial charge < -0.3 is 19.9 Å². The predicted octanol–water partition coefficient (Wildman–Crippen LogP) is -0.157. The summed E-state index contributed by atoms with van der Waals surface area (Å²) in [7, 11) is 0. The summed E-state index contributed by atoms with van der Waals surface area (Å²) in [6, 6.07) is 1.34. The number of aliphatic carboxylic acids is 1. The summed E-state index contributed by atoms with van der Waals surface area (Å²) >= 11 is 0. The standard InChI is InChI=1S/C14H20N2O5/c17-5-4-16-9-13(19)12(18)6-11(16)8-15-3-1-2-10(7-15)14(20)21/h6,9-10,17,19H,1-5,7-8H2,(H,20,21). The first-order valence-electron chi connectivity index (χ1n) is 6.99. The highest BCUT2D eigenvalue weighted by atomic mass is 16.4. The Labute approximate surface area is 122 Å². The van der Waals surface area contributed by atoms with Crippen LogP contribution >= 0.6 is 0 Å². The van der Waals surface area contributed by atoms with Crippen molar-refractivity contribution in [2.24, 2.45) is 5.92 Å². The summed E-state index contributed by atoms with van der Waals surface area (Å²) in [5.41, 5.74) is 0.198. The molecule has 1 aromatic rings. The monoisotopic (exact) mass is 296 g/mol. The Hall–Kier alpha value is -1.86. The number of aliphatic hydroxyl groups excluding tert-OH is 1. The highest BCUT2D eigenvalue weighted by Crippen LogP contribution is 2.19. The minimum atomic E-state index is -0.793. The van der Waals surface area contributed by atoms with E-state index in [4.69, 9.17) is 10.2 Å². The van der Waals surface area contributed by atoms with E-state index in [0.717, 1.165) is 13.0 Å². The fourth-order valence-corrected chi connectivity index (χ4v) is 2.68. The third-order valence-corrected chi connectivity index (χ3v) is 3.78. The quantitative estimate of drug-likeness (QED) is 0.698. The summed E-state index contributed by atoms with van der Waals surface area (Å²) < 4.78 is 1.63. The lowest BCUT2D eigenvalue weighted by Crippen LogP contribution is -2.39. The summed E-state index contributed by atoms with van der Waals surface area (Å²) in [5.74, 6) is -1.53. The fraction of sp³-hybridized carbons (Fsp3) is 0.571. The van der Waals surface area contributed by atoms with E-state index in [1.807, 2.05) is 4.90 Å². The molecule has 116 valence electrons. The maximum Gasteiger partial charge on any atom is 0.307 e. The second kappa shape index (κ2) is 6.73. The summed E-state index contributed by atoms with van der Waals surface area (Å²) in [5, 5.41) is 27.6. The van der Waals surface area contributed by atoms with Gasteiger partial charge in [0.25, 0.3) is 0 Å². The van der Waals surface area contributed by atoms with Crippen LogP contribution in [0, 0.1) is 5.92 Å². The van der Waals surface area contributed by atoms with E-state index in [0.29, 0.717) is 25.2 Å². The normalized spacial score (nSPS) is 19.6. The number of hydrogen-bond acceptors (Lipinski definition) is 5. The van der Waals surface area contributed by atoms with Gasteiger partial charge in [0.1, 0.15) is 0 Å². The maximum absolute atomic E-state index is 11.6. The van der Waals surface area contributed by atoms with Crippen LogP contribution in [-0.2, 0) is 17.9 Å². The lowest BCUT2D eigenvalue weighted by atomic mass is 9.98. The molecule has 1 aliphatic rings. The lowest BCUT2D eigenvalue weighted by Gasteiger charge is -2.31. The van der Waals surface area contributed by atoms with Gasteiger partial charge in [0.15, 0.2) is 5.75 Å². The van der Waals surface area contributed by atoms with Gasteiger partial charge in [-0.25, -0.2) is 0 Å². The van der Waals surface area contributed by atoms with Crippen LogP contribution in [0.2, 0.25) is 0 Å². The Morgan fingerprint density at radius 2 is 2.19 bits per heavy atom. The molecule has 1 fully saturated rings. The minimum absolute atomic E-state index is 0.104. The first-order valence-corrected chi connectivity index (χ1v) is 6.99. The van der Waals surface area contributed by atoms with E-state index in [-0.39, 0.29) is 24.8 Å². The first-order chi connectivity index (χ1) is 10.0. The predicted molar refractivity (Wildman–Crippen MR) is 75.1 cm³/mol. The first kappa shape index (κ1) is 15.5. The number of aromatic hydroxyl groups is 1. The zero-order valence-corrected chi connectivity index (χ0v) is 11.7. The molecule has 7 heteroatoms. The van der Waals surface area contributed by atoms with Crippen LogP contribution in [0.5, 0.6) is 5.75 Å². The van der Waals surface area contributed by atoms with Crippen LogP contribution in [0.3, 0.4) is 0 Å². The molecule has 7 nitrogen and oxygen atoms in total. The van der Waals surface area contributed by atoms with Gasteiger partial charge in [-0.15, -0.1) is 0 Å². The number of rotatable bonds is 5. The summed E-state index contributed by atoms with van der Waals surface area (Å²) in [6.07, 6.45) is 2.79. The molecule has 0 aliphatic carbocycles. The zero-order chi connectivity index (χ0) is 15.4. The number of aliphatic hydroxyl groups is 1. The smallest absolute Gasteiger partial charge is 0.307 e. The number of likely N-dealkylation sites (tertiary alicyclic amines) is 1. The Balaban J connectivity index is 2.16. The second-order valence-electron chi connectivity index (χ2n) is 5.34. The number of pyridine rings is 1. The molecule has 0 radical (unpaired) electrons. The van der Waals surface area contributed by atoms with Crippen molar-refractivity contribution in [3.05, 3.63) is 28.2 Å². The molecule has 1 aliphatic heterocycles. The molecule has 0 saturated carbocycles. The molecule has 1 atom stereocenters. The summed E-state index contributed by atoms with van der Waals surface area (Å²) in [6.45, 7) is 1.83. The fourth-order valence-electron chi connectivity index (χ4n) is 2.68. The van der Waals surface area contributed by atoms with Crippen LogP contribution < -0.4 is 5.43 Å². The number of carboxylic acid groups (broad SMARTS) is 1. The number of piperidine rings is 1. The molecule has 1 aromatic heterocycles. The van der Waals surface area contributed by atoms with E-state index >= 15 is 0 Å². The van der Waals surface area contributed by atoms with Gasteiger partial charge in [-0.3, -0.25) is 14.5 Å². The molecule has 2 rings (SSSR count). The molecular weight excluding hydrogens is 276 g/mol. The number of nitrogens with zero attached hydrogens (tertiary/aromatic N) is 2. The summed E-state index contributed by atoms with van der Waals surface area (Å²) in [4.78, 5) is 24.6. The Kier molecular flexibility index (Phi) is 4.98. The molecule has 3 N–H and O–H groups in total. The molecule has 1 unspecified atom stereocenters. The Bertz CT molecular complexity index is 569. The topological polar surface area (TPSA) is 103 Å². The molecule has 21 heavy (non-hydrogen) atoms. The van der Waals surface area contributed by atoms with E-state index < -0.39 is 11.4 Å². The molecule has 1 saturated heterocycles. The zero-order valence-electron chi connectivity index (χ0n) is 11.7. The van der Waals surface area contributed by atoms with Gasteiger partial charge in [0.05, 0.1) is 18.7 Å². The van der Waals surface area contributed by atoms with Crippen molar-refractivity contribution in [3.8, 4) is 5.75 Å². The lowest BCUT2D eigenvalue weighted by molar-refractivity contribution is -0.143. The second-order valence-corrected chi connectivity index (χ2v) is 5.34. The average molecular weight is 296 g/mol. The number of carbonyl (C=O) groups is 1. The van der Waals surface area contributed by atoms with Crippen molar-refractivity contribution in [3.63, 3.8) is 0 Å². The maximum atomic E-state index is 11.6. The highest BCUT2D eigenvalue weighted by Gasteiger charge is 2.25. The van der Waals surface area contributed by atoms with Crippen molar-refractivity contribution in [2.45, 2.75) is 25.9 Å². The Morgan fingerprint density at radius 1 is 1.43 bits per heavy atom. The van der Waals surface area contributed by atoms with Gasteiger partial charge in [0, 0.05) is 31.4 Å². The van der Waals surface area contributed by atoms with E-state index in [1.165, 1.54) is 12.3 Å². The van der Waals surface area contributed by atoms with Crippen molar-refractivity contribution in [2.75, 3.05) is 19.7 Å². The highest BCUT2D eigenvalue weighted by molar-refractivity contribution is 5.70. The van der Waals surface area contributed by atoms with Gasteiger partial charge in [0.2, 0.25) is 5.43 Å². The molecule has 0 bridgehead atoms.